The van der Waals surface area contributed by atoms with Crippen LogP contribution in [0.15, 0.2) is 18.3 Å². The Kier molecular flexibility index (Phi) is 4.70. The lowest BCUT2D eigenvalue weighted by molar-refractivity contribution is 0.249. The highest BCUT2D eigenvalue weighted by Gasteiger charge is 2.09. The zero-order chi connectivity index (χ0) is 12.0. The van der Waals surface area contributed by atoms with E-state index in [9.17, 15) is 0 Å². The van der Waals surface area contributed by atoms with E-state index >= 15 is 0 Å². The van der Waals surface area contributed by atoms with Crippen LogP contribution in [-0.4, -0.2) is 23.0 Å². The normalized spacial score (nSPS) is 12.2. The van der Waals surface area contributed by atoms with Crippen molar-refractivity contribution in [3.05, 3.63) is 24.0 Å². The van der Waals surface area contributed by atoms with E-state index in [2.05, 4.69) is 21.4 Å². The van der Waals surface area contributed by atoms with Gasteiger partial charge in [0.05, 0.1) is 23.9 Å². The largest absolute Gasteiger partial charge is 0.324 e. The summed E-state index contributed by atoms with van der Waals surface area (Å²) in [4.78, 5) is 6.34. The molecule has 1 aromatic heterocycles. The van der Waals surface area contributed by atoms with Crippen LogP contribution in [0.4, 0.5) is 5.69 Å². The Morgan fingerprint density at radius 3 is 3.06 bits per heavy atom. The molecule has 0 aliphatic carbocycles. The first kappa shape index (κ1) is 12.4. The van der Waals surface area contributed by atoms with E-state index in [-0.39, 0.29) is 6.04 Å². The Labute approximate surface area is 95.9 Å². The summed E-state index contributed by atoms with van der Waals surface area (Å²) in [6.07, 6.45) is 2.23. The first-order valence-electron chi connectivity index (χ1n) is 5.16. The van der Waals surface area contributed by atoms with Crippen molar-refractivity contribution in [2.45, 2.75) is 25.9 Å². The Balaban J connectivity index is 2.62. The van der Waals surface area contributed by atoms with Gasteiger partial charge in [-0.05, 0) is 26.1 Å². The molecule has 5 nitrogen and oxygen atoms in total. The number of hydrazine groups is 1. The van der Waals surface area contributed by atoms with Gasteiger partial charge in [-0.3, -0.25) is 15.7 Å². The molecule has 1 aromatic rings. The average Bonchev–Trinajstić information content (AvgIpc) is 2.29. The third-order valence-electron chi connectivity index (χ3n) is 2.53. The quantitative estimate of drug-likeness (QED) is 0.572. The predicted molar refractivity (Wildman–Crippen MR) is 63.2 cm³/mol. The highest BCUT2D eigenvalue weighted by Crippen LogP contribution is 2.10. The highest BCUT2D eigenvalue weighted by atomic mass is 15.2. The van der Waals surface area contributed by atoms with E-state index in [1.54, 1.807) is 6.20 Å². The number of anilines is 1. The second kappa shape index (κ2) is 6.05. The van der Waals surface area contributed by atoms with E-state index in [1.165, 1.54) is 0 Å². The van der Waals surface area contributed by atoms with Gasteiger partial charge in [-0.15, -0.1) is 0 Å². The van der Waals surface area contributed by atoms with Crippen molar-refractivity contribution in [3.8, 4) is 6.07 Å². The zero-order valence-electron chi connectivity index (χ0n) is 9.64. The predicted octanol–water partition coefficient (Wildman–Crippen LogP) is 1.10. The number of nitriles is 1. The number of aromatic nitrogens is 1. The van der Waals surface area contributed by atoms with E-state index in [1.807, 2.05) is 26.1 Å². The van der Waals surface area contributed by atoms with Crippen LogP contribution in [0.25, 0.3) is 0 Å². The van der Waals surface area contributed by atoms with Crippen LogP contribution in [0.5, 0.6) is 0 Å². The maximum Gasteiger partial charge on any atom is 0.0638 e. The molecule has 86 valence electrons. The van der Waals surface area contributed by atoms with Gasteiger partial charge in [-0.2, -0.15) is 5.26 Å². The molecule has 0 bridgehead atoms. The van der Waals surface area contributed by atoms with Crippen LogP contribution >= 0.6 is 0 Å². The molecule has 3 N–H and O–H groups in total. The maximum absolute atomic E-state index is 8.61. The van der Waals surface area contributed by atoms with Crippen molar-refractivity contribution in [1.82, 2.24) is 9.88 Å². The second-order valence-electron chi connectivity index (χ2n) is 3.81. The number of hydrogen-bond donors (Lipinski definition) is 2. The average molecular weight is 219 g/mol. The van der Waals surface area contributed by atoms with E-state index < -0.39 is 0 Å². The zero-order valence-corrected chi connectivity index (χ0v) is 9.64. The summed E-state index contributed by atoms with van der Waals surface area (Å²) in [7, 11) is 1.98. The monoisotopic (exact) mass is 219 g/mol. The van der Waals surface area contributed by atoms with E-state index in [4.69, 9.17) is 11.1 Å². The standard InChI is InChI=1S/C11H17N5/c1-9(3-5-12)16(2)8-11-7-10(15-13)4-6-14-11/h4,6-7,9H,3,8,13H2,1-2H3,(H,14,15). The number of nitrogens with two attached hydrogens (primary N) is 1. The summed E-state index contributed by atoms with van der Waals surface area (Å²) in [5.41, 5.74) is 4.36. The molecule has 0 radical (unpaired) electrons. The van der Waals surface area contributed by atoms with Crippen LogP contribution < -0.4 is 11.3 Å². The lowest BCUT2D eigenvalue weighted by atomic mass is 10.2. The molecule has 0 aliphatic rings. The highest BCUT2D eigenvalue weighted by molar-refractivity contribution is 5.41. The fraction of sp³-hybridized carbons (Fsp3) is 0.455. The van der Waals surface area contributed by atoms with Gasteiger partial charge in [0.15, 0.2) is 0 Å². The lowest BCUT2D eigenvalue weighted by Gasteiger charge is -2.22. The summed E-state index contributed by atoms with van der Waals surface area (Å²) in [5.74, 6) is 5.32. The van der Waals surface area contributed by atoms with Crippen molar-refractivity contribution < 1.29 is 0 Å². The summed E-state index contributed by atoms with van der Waals surface area (Å²) >= 11 is 0. The van der Waals surface area contributed by atoms with Crippen molar-refractivity contribution >= 4 is 5.69 Å². The number of rotatable bonds is 5. The molecule has 1 heterocycles. The maximum atomic E-state index is 8.61. The van der Waals surface area contributed by atoms with Crippen molar-refractivity contribution in [1.29, 1.82) is 5.26 Å². The molecule has 0 aliphatic heterocycles. The first-order chi connectivity index (χ1) is 7.67. The van der Waals surface area contributed by atoms with Crippen molar-refractivity contribution in [2.24, 2.45) is 5.84 Å². The van der Waals surface area contributed by atoms with Gasteiger partial charge in [0, 0.05) is 18.8 Å². The molecule has 16 heavy (non-hydrogen) atoms. The van der Waals surface area contributed by atoms with E-state index in [0.29, 0.717) is 13.0 Å². The molecule has 1 rings (SSSR count). The number of nitrogens with one attached hydrogen (secondary N) is 1. The number of pyridine rings is 1. The molecule has 0 saturated carbocycles. The van der Waals surface area contributed by atoms with Crippen LogP contribution in [0.3, 0.4) is 0 Å². The van der Waals surface area contributed by atoms with Crippen LogP contribution in [0.1, 0.15) is 19.0 Å². The third kappa shape index (κ3) is 3.50. The molecule has 0 saturated heterocycles. The lowest BCUT2D eigenvalue weighted by Crippen LogP contribution is -2.28. The fourth-order valence-corrected chi connectivity index (χ4v) is 1.35. The van der Waals surface area contributed by atoms with Crippen molar-refractivity contribution in [3.63, 3.8) is 0 Å². The van der Waals surface area contributed by atoms with Gasteiger partial charge in [0.2, 0.25) is 0 Å². The summed E-state index contributed by atoms with van der Waals surface area (Å²) in [6, 6.07) is 6.09. The molecule has 0 spiro atoms. The molecule has 0 amide bonds. The minimum atomic E-state index is 0.223. The van der Waals surface area contributed by atoms with Crippen LogP contribution in [0, 0.1) is 11.3 Å². The van der Waals surface area contributed by atoms with Crippen LogP contribution in [-0.2, 0) is 6.54 Å². The summed E-state index contributed by atoms with van der Waals surface area (Å²) in [5, 5.41) is 8.61. The van der Waals surface area contributed by atoms with Crippen molar-refractivity contribution in [2.75, 3.05) is 12.5 Å². The molecular formula is C11H17N5. The smallest absolute Gasteiger partial charge is 0.0638 e. The molecule has 1 atom stereocenters. The minimum absolute atomic E-state index is 0.223. The Morgan fingerprint density at radius 1 is 1.69 bits per heavy atom. The summed E-state index contributed by atoms with van der Waals surface area (Å²) < 4.78 is 0. The van der Waals surface area contributed by atoms with Gasteiger partial charge in [-0.25, -0.2) is 0 Å². The van der Waals surface area contributed by atoms with Gasteiger partial charge >= 0.3 is 0 Å². The molecule has 0 fully saturated rings. The Bertz CT molecular complexity index is 371. The Hall–Kier alpha value is -1.64. The SMILES string of the molecule is CC(CC#N)N(C)Cc1cc(NN)ccn1. The van der Waals surface area contributed by atoms with Gasteiger partial charge in [0.1, 0.15) is 0 Å². The topological polar surface area (TPSA) is 78.0 Å². The third-order valence-corrected chi connectivity index (χ3v) is 2.53. The Morgan fingerprint density at radius 2 is 2.44 bits per heavy atom. The fourth-order valence-electron chi connectivity index (χ4n) is 1.35. The second-order valence-corrected chi connectivity index (χ2v) is 3.81. The minimum Gasteiger partial charge on any atom is -0.324 e. The van der Waals surface area contributed by atoms with Gasteiger partial charge in [-0.1, -0.05) is 0 Å². The number of hydrogen-bond acceptors (Lipinski definition) is 5. The molecular weight excluding hydrogens is 202 g/mol. The van der Waals surface area contributed by atoms with Gasteiger partial charge in [0.25, 0.3) is 0 Å². The molecule has 5 heteroatoms. The van der Waals surface area contributed by atoms with E-state index in [0.717, 1.165) is 11.4 Å². The van der Waals surface area contributed by atoms with Crippen LogP contribution in [0.2, 0.25) is 0 Å². The first-order valence-corrected chi connectivity index (χ1v) is 5.16. The summed E-state index contributed by atoms with van der Waals surface area (Å²) in [6.45, 7) is 2.73. The number of nitrogen functional groups attached to an aromatic ring is 1. The number of nitrogens with zero attached hydrogens (tertiary/aromatic N) is 3. The molecule has 1 unspecified atom stereocenters. The molecule has 0 aromatic carbocycles. The van der Waals surface area contributed by atoms with Gasteiger partial charge < -0.3 is 5.43 Å².